The number of nitrogens with one attached hydrogen (secondary N) is 1. The van der Waals surface area contributed by atoms with Crippen LogP contribution in [0.1, 0.15) is 32.4 Å². The minimum Gasteiger partial charge on any atom is -0.311 e. The fourth-order valence-corrected chi connectivity index (χ4v) is 2.03. The summed E-state index contributed by atoms with van der Waals surface area (Å²) in [7, 11) is 0. The third kappa shape index (κ3) is 4.52. The molecule has 0 aliphatic carbocycles. The lowest BCUT2D eigenvalue weighted by molar-refractivity contribution is 0.525. The van der Waals surface area contributed by atoms with Crippen molar-refractivity contribution in [3.05, 3.63) is 48.3 Å². The van der Waals surface area contributed by atoms with Gasteiger partial charge in [-0.1, -0.05) is 32.0 Å². The van der Waals surface area contributed by atoms with Crippen LogP contribution in [-0.4, -0.2) is 16.3 Å². The lowest BCUT2D eigenvalue weighted by Gasteiger charge is -2.05. The molecule has 2 rings (SSSR count). The van der Waals surface area contributed by atoms with E-state index < -0.39 is 0 Å². The molecule has 0 aliphatic heterocycles. The van der Waals surface area contributed by atoms with Crippen molar-refractivity contribution in [3.8, 4) is 5.69 Å². The van der Waals surface area contributed by atoms with Crippen LogP contribution in [0.25, 0.3) is 5.69 Å². The summed E-state index contributed by atoms with van der Waals surface area (Å²) in [4.78, 5) is 0. The van der Waals surface area contributed by atoms with Gasteiger partial charge < -0.3 is 5.32 Å². The van der Waals surface area contributed by atoms with Crippen molar-refractivity contribution < 1.29 is 0 Å². The number of rotatable bonds is 7. The predicted molar refractivity (Wildman–Crippen MR) is 79.3 cm³/mol. The first-order valence-corrected chi connectivity index (χ1v) is 7.06. The Labute approximate surface area is 115 Å². The van der Waals surface area contributed by atoms with Gasteiger partial charge in [0, 0.05) is 12.7 Å². The number of hydrogen-bond donors (Lipinski definition) is 1. The van der Waals surface area contributed by atoms with Crippen LogP contribution in [0.3, 0.4) is 0 Å². The van der Waals surface area contributed by atoms with Gasteiger partial charge in [0.25, 0.3) is 0 Å². The third-order valence-corrected chi connectivity index (χ3v) is 3.11. The Hall–Kier alpha value is -1.61. The second-order valence-electron chi connectivity index (χ2n) is 5.30. The largest absolute Gasteiger partial charge is 0.311 e. The van der Waals surface area contributed by atoms with Crippen LogP contribution in [0.15, 0.2) is 42.6 Å². The first-order valence-electron chi connectivity index (χ1n) is 7.06. The normalized spacial score (nSPS) is 11.1. The third-order valence-electron chi connectivity index (χ3n) is 3.11. The summed E-state index contributed by atoms with van der Waals surface area (Å²) in [5.41, 5.74) is 2.20. The average Bonchev–Trinajstić information content (AvgIpc) is 2.88. The van der Waals surface area contributed by atoms with E-state index in [2.05, 4.69) is 42.5 Å². The molecule has 0 bridgehead atoms. The van der Waals surface area contributed by atoms with Gasteiger partial charge in [-0.3, -0.25) is 0 Å². The number of benzene rings is 1. The van der Waals surface area contributed by atoms with Crippen molar-refractivity contribution in [2.75, 3.05) is 6.54 Å². The van der Waals surface area contributed by atoms with E-state index in [4.69, 9.17) is 0 Å². The topological polar surface area (TPSA) is 29.9 Å². The van der Waals surface area contributed by atoms with Gasteiger partial charge in [0.15, 0.2) is 0 Å². The molecule has 1 heterocycles. The summed E-state index contributed by atoms with van der Waals surface area (Å²) in [5, 5.41) is 8.01. The lowest BCUT2D eigenvalue weighted by atomic mass is 10.1. The smallest absolute Gasteiger partial charge is 0.0766 e. The molecule has 1 aromatic heterocycles. The molecule has 0 radical (unpaired) electrons. The molecule has 3 heteroatoms. The molecule has 0 aliphatic rings. The predicted octanol–water partition coefficient (Wildman–Crippen LogP) is 3.40. The van der Waals surface area contributed by atoms with E-state index in [1.807, 2.05) is 29.1 Å². The minimum atomic E-state index is 0.791. The molecule has 2 aromatic rings. The number of aromatic nitrogens is 2. The van der Waals surface area contributed by atoms with Gasteiger partial charge in [0.1, 0.15) is 0 Å². The summed E-state index contributed by atoms with van der Waals surface area (Å²) in [6.45, 7) is 6.44. The Morgan fingerprint density at radius 3 is 2.68 bits per heavy atom. The SMILES string of the molecule is CC(C)CCCNCc1ccn(-c2ccccc2)n1. The molecule has 0 saturated heterocycles. The Morgan fingerprint density at radius 1 is 1.16 bits per heavy atom. The van der Waals surface area contributed by atoms with Crippen molar-refractivity contribution in [3.63, 3.8) is 0 Å². The monoisotopic (exact) mass is 257 g/mol. The highest BCUT2D eigenvalue weighted by Crippen LogP contribution is 2.07. The molecule has 0 spiro atoms. The molecule has 0 unspecified atom stereocenters. The van der Waals surface area contributed by atoms with E-state index >= 15 is 0 Å². The van der Waals surface area contributed by atoms with Gasteiger partial charge >= 0.3 is 0 Å². The quantitative estimate of drug-likeness (QED) is 0.770. The average molecular weight is 257 g/mol. The maximum atomic E-state index is 4.57. The standard InChI is InChI=1S/C16H23N3/c1-14(2)7-6-11-17-13-15-10-12-19(18-15)16-8-4-3-5-9-16/h3-5,8-10,12,14,17H,6-7,11,13H2,1-2H3. The molecule has 1 N–H and O–H groups in total. The zero-order valence-corrected chi connectivity index (χ0v) is 11.8. The highest BCUT2D eigenvalue weighted by molar-refractivity contribution is 5.30. The van der Waals surface area contributed by atoms with E-state index in [1.165, 1.54) is 12.8 Å². The van der Waals surface area contributed by atoms with Crippen LogP contribution in [0.4, 0.5) is 0 Å². The summed E-state index contributed by atoms with van der Waals surface area (Å²) >= 11 is 0. The van der Waals surface area contributed by atoms with E-state index in [0.29, 0.717) is 0 Å². The Morgan fingerprint density at radius 2 is 1.95 bits per heavy atom. The number of para-hydroxylation sites is 1. The van der Waals surface area contributed by atoms with Crippen molar-refractivity contribution >= 4 is 0 Å². The fraction of sp³-hybridized carbons (Fsp3) is 0.438. The Kier molecular flexibility index (Phi) is 5.16. The lowest BCUT2D eigenvalue weighted by Crippen LogP contribution is -2.15. The van der Waals surface area contributed by atoms with Crippen LogP contribution < -0.4 is 5.32 Å². The molecule has 3 nitrogen and oxygen atoms in total. The summed E-state index contributed by atoms with van der Waals surface area (Å²) in [6.07, 6.45) is 4.53. The number of hydrogen-bond acceptors (Lipinski definition) is 2. The molecule has 0 saturated carbocycles. The van der Waals surface area contributed by atoms with Gasteiger partial charge in [-0.05, 0) is 43.5 Å². The van der Waals surface area contributed by atoms with Crippen molar-refractivity contribution in [1.29, 1.82) is 0 Å². The Bertz CT molecular complexity index is 474. The van der Waals surface area contributed by atoms with E-state index in [0.717, 1.165) is 30.4 Å². The maximum Gasteiger partial charge on any atom is 0.0766 e. The first-order chi connectivity index (χ1) is 9.25. The van der Waals surface area contributed by atoms with Gasteiger partial charge in [-0.25, -0.2) is 4.68 Å². The van der Waals surface area contributed by atoms with Crippen LogP contribution >= 0.6 is 0 Å². The summed E-state index contributed by atoms with van der Waals surface area (Å²) in [5.74, 6) is 0.791. The van der Waals surface area contributed by atoms with E-state index in [1.54, 1.807) is 0 Å². The highest BCUT2D eigenvalue weighted by Gasteiger charge is 2.00. The second-order valence-corrected chi connectivity index (χ2v) is 5.30. The molecule has 19 heavy (non-hydrogen) atoms. The van der Waals surface area contributed by atoms with Crippen LogP contribution in [0, 0.1) is 5.92 Å². The van der Waals surface area contributed by atoms with Crippen molar-refractivity contribution in [2.24, 2.45) is 5.92 Å². The van der Waals surface area contributed by atoms with Crippen molar-refractivity contribution in [1.82, 2.24) is 15.1 Å². The first kappa shape index (κ1) is 13.8. The molecular formula is C16H23N3. The van der Waals surface area contributed by atoms with Gasteiger partial charge in [0.2, 0.25) is 0 Å². The summed E-state index contributed by atoms with van der Waals surface area (Å²) < 4.78 is 1.92. The zero-order valence-electron chi connectivity index (χ0n) is 11.8. The highest BCUT2D eigenvalue weighted by atomic mass is 15.3. The second kappa shape index (κ2) is 7.10. The van der Waals surface area contributed by atoms with Gasteiger partial charge in [-0.15, -0.1) is 0 Å². The summed E-state index contributed by atoms with van der Waals surface area (Å²) in [6, 6.07) is 12.3. The molecular weight excluding hydrogens is 234 g/mol. The zero-order chi connectivity index (χ0) is 13.5. The van der Waals surface area contributed by atoms with Gasteiger partial charge in [-0.2, -0.15) is 5.10 Å². The number of nitrogens with zero attached hydrogens (tertiary/aromatic N) is 2. The van der Waals surface area contributed by atoms with E-state index in [9.17, 15) is 0 Å². The molecule has 0 amide bonds. The van der Waals surface area contributed by atoms with Crippen LogP contribution in [-0.2, 0) is 6.54 Å². The van der Waals surface area contributed by atoms with E-state index in [-0.39, 0.29) is 0 Å². The van der Waals surface area contributed by atoms with Gasteiger partial charge in [0.05, 0.1) is 11.4 Å². The molecule has 0 atom stereocenters. The van der Waals surface area contributed by atoms with Crippen molar-refractivity contribution in [2.45, 2.75) is 33.2 Å². The molecule has 1 aromatic carbocycles. The minimum absolute atomic E-state index is 0.791. The van der Waals surface area contributed by atoms with Crippen LogP contribution in [0.5, 0.6) is 0 Å². The molecule has 0 fully saturated rings. The Balaban J connectivity index is 1.78. The molecule has 102 valence electrons. The fourth-order valence-electron chi connectivity index (χ4n) is 2.03. The maximum absolute atomic E-state index is 4.57. The van der Waals surface area contributed by atoms with Crippen LogP contribution in [0.2, 0.25) is 0 Å².